The van der Waals surface area contributed by atoms with E-state index in [2.05, 4.69) is 20.9 Å². The Balaban J connectivity index is 2.13. The van der Waals surface area contributed by atoms with Crippen LogP contribution in [0.1, 0.15) is 24.8 Å². The highest BCUT2D eigenvalue weighted by Gasteiger charge is 2.32. The second-order valence-corrected chi connectivity index (χ2v) is 9.73. The summed E-state index contributed by atoms with van der Waals surface area (Å²) in [7, 11) is 0. The molecule has 2 aromatic rings. The molecule has 4 atom stereocenters. The molecular weight excluding hydrogens is 532 g/mol. The number of amides is 4. The fourth-order valence-electron chi connectivity index (χ4n) is 3.74. The second kappa shape index (κ2) is 14.7. The molecule has 0 aliphatic carbocycles. The highest BCUT2D eigenvalue weighted by molar-refractivity contribution is 7.98. The molecule has 0 aliphatic heterocycles. The van der Waals surface area contributed by atoms with Gasteiger partial charge in [-0.25, -0.2) is 4.79 Å². The van der Waals surface area contributed by atoms with Gasteiger partial charge in [-0.1, -0.05) is 18.2 Å². The number of carbonyl (C=O) groups is 6. The third-order valence-corrected chi connectivity index (χ3v) is 6.37. The number of rotatable bonds is 16. The van der Waals surface area contributed by atoms with E-state index < -0.39 is 72.6 Å². The van der Waals surface area contributed by atoms with Crippen LogP contribution in [0.5, 0.6) is 0 Å². The van der Waals surface area contributed by atoms with Crippen LogP contribution < -0.4 is 27.4 Å². The maximum absolute atomic E-state index is 13.0. The van der Waals surface area contributed by atoms with Gasteiger partial charge < -0.3 is 42.6 Å². The van der Waals surface area contributed by atoms with Crippen molar-refractivity contribution in [2.45, 2.75) is 49.9 Å². The average Bonchev–Trinajstić information content (AvgIpc) is 3.27. The fraction of sp³-hybridized carbons (Fsp3) is 0.417. The third kappa shape index (κ3) is 9.61. The summed E-state index contributed by atoms with van der Waals surface area (Å²) in [6.45, 7) is 0. The predicted molar refractivity (Wildman–Crippen MR) is 142 cm³/mol. The Morgan fingerprint density at radius 1 is 0.923 bits per heavy atom. The Labute approximate surface area is 227 Å². The molecule has 0 bridgehead atoms. The van der Waals surface area contributed by atoms with Gasteiger partial charge in [0.1, 0.15) is 18.1 Å². The molecule has 10 N–H and O–H groups in total. The lowest BCUT2D eigenvalue weighted by molar-refractivity contribution is -0.144. The van der Waals surface area contributed by atoms with Gasteiger partial charge in [0.15, 0.2) is 0 Å². The summed E-state index contributed by atoms with van der Waals surface area (Å²) >= 11 is 1.34. The van der Waals surface area contributed by atoms with E-state index in [1.54, 1.807) is 12.5 Å². The quantitative estimate of drug-likeness (QED) is 0.119. The molecule has 4 amide bonds. The van der Waals surface area contributed by atoms with Crippen molar-refractivity contribution in [1.29, 1.82) is 0 Å². The van der Waals surface area contributed by atoms with E-state index in [9.17, 15) is 39.0 Å². The Kier molecular flexibility index (Phi) is 11.7. The number of nitrogens with one attached hydrogen (secondary N) is 4. The smallest absolute Gasteiger partial charge is 0.326 e. The largest absolute Gasteiger partial charge is 0.481 e. The molecule has 1 aromatic heterocycles. The summed E-state index contributed by atoms with van der Waals surface area (Å²) in [5.41, 5.74) is 12.7. The van der Waals surface area contributed by atoms with Gasteiger partial charge in [0, 0.05) is 17.1 Å². The lowest BCUT2D eigenvalue weighted by atomic mass is 10.0. The standard InChI is InChI=1S/C24H32N6O8S/c1-39-7-6-16(22(35)30-18(24(37)38)9-19(26)31)28-23(36)17(10-20(32)33)29-21(34)14(25)8-12-11-27-15-5-3-2-4-13(12)15/h2-5,11,14,16-18,27H,6-10,25H2,1H3,(H2,26,31)(H,28,36)(H,29,34)(H,30,35)(H,32,33)(H,37,38). The number of H-pyrrole nitrogens is 1. The molecule has 1 heterocycles. The first-order chi connectivity index (χ1) is 18.4. The second-order valence-electron chi connectivity index (χ2n) is 8.74. The fourth-order valence-corrected chi connectivity index (χ4v) is 4.21. The van der Waals surface area contributed by atoms with E-state index in [-0.39, 0.29) is 12.8 Å². The number of para-hydroxylation sites is 1. The number of carboxylic acids is 2. The number of primary amides is 1. The zero-order valence-corrected chi connectivity index (χ0v) is 22.0. The van der Waals surface area contributed by atoms with Crippen LogP contribution in [0.2, 0.25) is 0 Å². The predicted octanol–water partition coefficient (Wildman–Crippen LogP) is -1.32. The molecule has 0 aliphatic rings. The number of fused-ring (bicyclic) bond motifs is 1. The first kappa shape index (κ1) is 31.1. The van der Waals surface area contributed by atoms with Crippen molar-refractivity contribution in [3.05, 3.63) is 36.0 Å². The average molecular weight is 565 g/mol. The number of hydrogen-bond donors (Lipinski definition) is 8. The lowest BCUT2D eigenvalue weighted by Crippen LogP contribution is -2.58. The van der Waals surface area contributed by atoms with Gasteiger partial charge >= 0.3 is 11.9 Å². The molecule has 39 heavy (non-hydrogen) atoms. The van der Waals surface area contributed by atoms with Gasteiger partial charge in [-0.05, 0) is 36.5 Å². The van der Waals surface area contributed by atoms with Crippen molar-refractivity contribution in [3.63, 3.8) is 0 Å². The zero-order valence-electron chi connectivity index (χ0n) is 21.1. The van der Waals surface area contributed by atoms with E-state index in [0.717, 1.165) is 16.5 Å². The SMILES string of the molecule is CSCCC(NC(=O)C(CC(=O)O)NC(=O)C(N)Cc1c[nH]c2ccccc12)C(=O)NC(CC(N)=O)C(=O)O. The van der Waals surface area contributed by atoms with Crippen LogP contribution in [0, 0.1) is 0 Å². The maximum Gasteiger partial charge on any atom is 0.326 e. The Bertz CT molecular complexity index is 1220. The normalized spacial score (nSPS) is 14.0. The first-order valence-electron chi connectivity index (χ1n) is 11.9. The minimum atomic E-state index is -1.62. The molecule has 0 radical (unpaired) electrons. The Morgan fingerprint density at radius 2 is 1.54 bits per heavy atom. The van der Waals surface area contributed by atoms with Gasteiger partial charge in [0.05, 0.1) is 18.9 Å². The molecule has 0 saturated carbocycles. The van der Waals surface area contributed by atoms with Crippen LogP contribution in [-0.4, -0.2) is 86.9 Å². The highest BCUT2D eigenvalue weighted by atomic mass is 32.2. The number of aromatic nitrogens is 1. The van der Waals surface area contributed by atoms with Crippen LogP contribution >= 0.6 is 11.8 Å². The molecule has 0 spiro atoms. The summed E-state index contributed by atoms with van der Waals surface area (Å²) in [5, 5.41) is 26.3. The number of benzene rings is 1. The summed E-state index contributed by atoms with van der Waals surface area (Å²) in [6, 6.07) is 1.78. The van der Waals surface area contributed by atoms with Crippen LogP contribution in [0.25, 0.3) is 10.9 Å². The van der Waals surface area contributed by atoms with E-state index >= 15 is 0 Å². The van der Waals surface area contributed by atoms with Crippen molar-refractivity contribution in [1.82, 2.24) is 20.9 Å². The maximum atomic E-state index is 13.0. The molecular formula is C24H32N6O8S. The van der Waals surface area contributed by atoms with Crippen LogP contribution in [0.3, 0.4) is 0 Å². The highest BCUT2D eigenvalue weighted by Crippen LogP contribution is 2.18. The number of aromatic amines is 1. The van der Waals surface area contributed by atoms with Gasteiger partial charge in [0.25, 0.3) is 0 Å². The molecule has 4 unspecified atom stereocenters. The molecule has 2 rings (SSSR count). The van der Waals surface area contributed by atoms with Crippen LogP contribution in [0.15, 0.2) is 30.5 Å². The summed E-state index contributed by atoms with van der Waals surface area (Å²) < 4.78 is 0. The van der Waals surface area contributed by atoms with Gasteiger partial charge in [0.2, 0.25) is 23.6 Å². The molecule has 0 fully saturated rings. The van der Waals surface area contributed by atoms with Crippen molar-refractivity contribution in [2.24, 2.45) is 11.5 Å². The Hall–Kier alpha value is -4.11. The number of carboxylic acid groups (broad SMARTS) is 2. The van der Waals surface area contributed by atoms with Gasteiger partial charge in [-0.15, -0.1) is 0 Å². The molecule has 15 heteroatoms. The van der Waals surface area contributed by atoms with Crippen LogP contribution in [0.4, 0.5) is 0 Å². The van der Waals surface area contributed by atoms with Crippen LogP contribution in [-0.2, 0) is 35.2 Å². The summed E-state index contributed by atoms with van der Waals surface area (Å²) in [4.78, 5) is 75.6. The van der Waals surface area contributed by atoms with E-state index in [4.69, 9.17) is 11.5 Å². The molecule has 1 aromatic carbocycles. The Morgan fingerprint density at radius 3 is 2.15 bits per heavy atom. The zero-order chi connectivity index (χ0) is 29.1. The van der Waals surface area contributed by atoms with E-state index in [1.165, 1.54) is 11.8 Å². The van der Waals surface area contributed by atoms with E-state index in [1.807, 2.05) is 24.3 Å². The molecule has 0 saturated heterocycles. The lowest BCUT2D eigenvalue weighted by Gasteiger charge is -2.24. The number of hydrogen-bond acceptors (Lipinski definition) is 8. The number of nitrogens with two attached hydrogens (primary N) is 2. The van der Waals surface area contributed by atoms with Crippen molar-refractivity contribution >= 4 is 58.2 Å². The van der Waals surface area contributed by atoms with Gasteiger partial charge in [-0.3, -0.25) is 24.0 Å². The summed E-state index contributed by atoms with van der Waals surface area (Å²) in [5.74, 6) is -6.15. The topological polar surface area (TPSA) is 247 Å². The number of aliphatic carboxylic acids is 2. The van der Waals surface area contributed by atoms with Crippen molar-refractivity contribution in [3.8, 4) is 0 Å². The minimum Gasteiger partial charge on any atom is -0.481 e. The number of thioether (sulfide) groups is 1. The summed E-state index contributed by atoms with van der Waals surface area (Å²) in [6.07, 6.45) is 2.13. The molecule has 14 nitrogen and oxygen atoms in total. The minimum absolute atomic E-state index is 0.0511. The molecule has 212 valence electrons. The monoisotopic (exact) mass is 564 g/mol. The van der Waals surface area contributed by atoms with Crippen molar-refractivity contribution < 1.29 is 39.0 Å². The number of carbonyl (C=O) groups excluding carboxylic acids is 4. The first-order valence-corrected chi connectivity index (χ1v) is 13.3. The van der Waals surface area contributed by atoms with Gasteiger partial charge in [-0.2, -0.15) is 11.8 Å². The van der Waals surface area contributed by atoms with E-state index in [0.29, 0.717) is 5.75 Å². The van der Waals surface area contributed by atoms with Crippen molar-refractivity contribution in [2.75, 3.05) is 12.0 Å². The third-order valence-electron chi connectivity index (χ3n) is 5.73.